The number of benzene rings is 2. The van der Waals surface area contributed by atoms with Crippen molar-refractivity contribution in [2.24, 2.45) is 0 Å². The number of anilines is 1. The van der Waals surface area contributed by atoms with Crippen LogP contribution in [0.25, 0.3) is 16.8 Å². The monoisotopic (exact) mass is 471 g/mol. The molecule has 0 radical (unpaired) electrons. The third kappa shape index (κ3) is 3.86. The van der Waals surface area contributed by atoms with Crippen LogP contribution in [0.2, 0.25) is 0 Å². The summed E-state index contributed by atoms with van der Waals surface area (Å²) in [4.78, 5) is 35.4. The second-order valence-corrected chi connectivity index (χ2v) is 8.59. The van der Waals surface area contributed by atoms with Crippen molar-refractivity contribution in [1.82, 2.24) is 9.97 Å². The van der Waals surface area contributed by atoms with E-state index in [2.05, 4.69) is 9.97 Å². The zero-order valence-electron chi connectivity index (χ0n) is 19.7. The summed E-state index contributed by atoms with van der Waals surface area (Å²) >= 11 is 0. The number of furan rings is 1. The van der Waals surface area contributed by atoms with Crippen LogP contribution in [0, 0.1) is 13.8 Å². The van der Waals surface area contributed by atoms with Gasteiger partial charge in [-0.15, -0.1) is 0 Å². The summed E-state index contributed by atoms with van der Waals surface area (Å²) in [5, 5.41) is 11.3. The fourth-order valence-electron chi connectivity index (χ4n) is 4.32. The maximum atomic E-state index is 13.3. The Morgan fingerprint density at radius 1 is 1.17 bits per heavy atom. The second-order valence-electron chi connectivity index (χ2n) is 8.59. The van der Waals surface area contributed by atoms with Gasteiger partial charge in [-0.2, -0.15) is 0 Å². The molecule has 4 aromatic rings. The van der Waals surface area contributed by atoms with Crippen LogP contribution in [0.4, 0.5) is 5.95 Å². The van der Waals surface area contributed by atoms with Gasteiger partial charge in [-0.1, -0.05) is 13.0 Å². The number of aromatic nitrogens is 2. The molecule has 1 atom stereocenters. The molecule has 8 nitrogen and oxygen atoms in total. The number of ether oxygens (including phenoxy) is 1. The molecular formula is C27H25N3O5. The largest absolute Gasteiger partial charge is 0.507 e. The molecule has 0 saturated carbocycles. The molecule has 0 bridgehead atoms. The van der Waals surface area contributed by atoms with Gasteiger partial charge in [-0.25, -0.2) is 4.98 Å². The number of imidazole rings is 1. The number of aromatic amines is 1. The van der Waals surface area contributed by atoms with Crippen LogP contribution in [0.5, 0.6) is 5.75 Å². The van der Waals surface area contributed by atoms with Gasteiger partial charge in [0, 0.05) is 5.56 Å². The van der Waals surface area contributed by atoms with Crippen LogP contribution in [0.15, 0.2) is 64.8 Å². The van der Waals surface area contributed by atoms with Gasteiger partial charge in [0.25, 0.3) is 5.78 Å². The van der Waals surface area contributed by atoms with E-state index in [1.807, 2.05) is 39.0 Å². The van der Waals surface area contributed by atoms with Crippen molar-refractivity contribution in [2.75, 3.05) is 11.5 Å². The number of aryl methyl sites for hydroxylation is 2. The number of rotatable bonds is 6. The van der Waals surface area contributed by atoms with Crippen molar-refractivity contribution in [3.05, 3.63) is 82.8 Å². The standard InChI is InChI=1S/C27H25N3O5/c1-4-11-34-20-10-8-17(14-16(20)3)24(31)22-23(21-6-5-12-35-21)30(26(33)25(22)32)27-28-18-9-7-15(2)13-19(18)29-27/h5-10,12-14,23,31H,4,11H2,1-3H3,(H,28,29)/b24-22+. The van der Waals surface area contributed by atoms with Crippen LogP contribution in [-0.4, -0.2) is 33.4 Å². The van der Waals surface area contributed by atoms with Gasteiger partial charge in [0.15, 0.2) is 0 Å². The molecule has 0 aliphatic carbocycles. The van der Waals surface area contributed by atoms with E-state index in [1.165, 1.54) is 11.2 Å². The minimum Gasteiger partial charge on any atom is -0.507 e. The molecule has 0 spiro atoms. The quantitative estimate of drug-likeness (QED) is 0.228. The number of amides is 1. The number of carbonyl (C=O) groups excluding carboxylic acids is 2. The van der Waals surface area contributed by atoms with E-state index >= 15 is 0 Å². The van der Waals surface area contributed by atoms with Crippen molar-refractivity contribution in [2.45, 2.75) is 33.2 Å². The Morgan fingerprint density at radius 2 is 2.00 bits per heavy atom. The molecule has 1 aliphatic heterocycles. The van der Waals surface area contributed by atoms with Crippen LogP contribution in [0.1, 0.15) is 41.8 Å². The van der Waals surface area contributed by atoms with Gasteiger partial charge in [-0.05, 0) is 73.9 Å². The third-order valence-electron chi connectivity index (χ3n) is 6.02. The molecule has 1 saturated heterocycles. The SMILES string of the molecule is CCCOc1ccc(/C(O)=C2\C(=O)C(=O)N(c3nc4ccc(C)cc4[nH]3)C2c2ccco2)cc1C. The molecule has 1 fully saturated rings. The zero-order chi connectivity index (χ0) is 24.7. The Hall–Kier alpha value is -4.33. The van der Waals surface area contributed by atoms with Crippen molar-refractivity contribution in [3.8, 4) is 5.75 Å². The number of hydrogen-bond donors (Lipinski definition) is 2. The molecule has 178 valence electrons. The summed E-state index contributed by atoms with van der Waals surface area (Å²) in [6.07, 6.45) is 2.33. The smallest absolute Gasteiger partial charge is 0.302 e. The number of nitrogens with zero attached hydrogens (tertiary/aromatic N) is 2. The minimum atomic E-state index is -0.983. The fourth-order valence-corrected chi connectivity index (χ4v) is 4.32. The highest BCUT2D eigenvalue weighted by molar-refractivity contribution is 6.51. The lowest BCUT2D eigenvalue weighted by Crippen LogP contribution is -2.30. The number of aliphatic hydroxyl groups excluding tert-OH is 1. The van der Waals surface area contributed by atoms with E-state index in [9.17, 15) is 14.7 Å². The van der Waals surface area contributed by atoms with Gasteiger partial charge in [0.2, 0.25) is 5.95 Å². The van der Waals surface area contributed by atoms with E-state index in [0.717, 1.165) is 23.1 Å². The Kier molecular flexibility index (Phi) is 5.64. The number of ketones is 1. The van der Waals surface area contributed by atoms with Gasteiger partial charge in [-0.3, -0.25) is 14.5 Å². The lowest BCUT2D eigenvalue weighted by molar-refractivity contribution is -0.132. The predicted molar refractivity (Wildman–Crippen MR) is 131 cm³/mol. The van der Waals surface area contributed by atoms with Gasteiger partial charge < -0.3 is 19.2 Å². The summed E-state index contributed by atoms with van der Waals surface area (Å²) in [7, 11) is 0. The van der Waals surface area contributed by atoms with E-state index in [1.54, 1.807) is 30.3 Å². The number of Topliss-reactive ketones (excluding diaryl/α,β-unsaturated/α-hetero) is 1. The molecular weight excluding hydrogens is 446 g/mol. The molecule has 2 aromatic carbocycles. The van der Waals surface area contributed by atoms with Crippen molar-refractivity contribution in [3.63, 3.8) is 0 Å². The van der Waals surface area contributed by atoms with E-state index in [4.69, 9.17) is 9.15 Å². The topological polar surface area (TPSA) is 109 Å². The summed E-state index contributed by atoms with van der Waals surface area (Å²) in [5.74, 6) is -0.671. The zero-order valence-corrected chi connectivity index (χ0v) is 19.7. The first-order valence-electron chi connectivity index (χ1n) is 11.4. The molecule has 1 unspecified atom stereocenters. The first kappa shape index (κ1) is 22.5. The average Bonchev–Trinajstić information content (AvgIpc) is 3.56. The lowest BCUT2D eigenvalue weighted by atomic mass is 9.98. The third-order valence-corrected chi connectivity index (χ3v) is 6.02. The summed E-state index contributed by atoms with van der Waals surface area (Å²) in [6.45, 7) is 6.41. The van der Waals surface area contributed by atoms with Crippen molar-refractivity contribution < 1.29 is 23.8 Å². The first-order chi connectivity index (χ1) is 16.9. The van der Waals surface area contributed by atoms with Gasteiger partial charge >= 0.3 is 5.91 Å². The molecule has 2 N–H and O–H groups in total. The van der Waals surface area contributed by atoms with Gasteiger partial charge in [0.05, 0.1) is 29.5 Å². The second kappa shape index (κ2) is 8.79. The Morgan fingerprint density at radius 3 is 2.71 bits per heavy atom. The predicted octanol–water partition coefficient (Wildman–Crippen LogP) is 5.19. The summed E-state index contributed by atoms with van der Waals surface area (Å²) < 4.78 is 11.3. The Balaban J connectivity index is 1.64. The number of aliphatic hydroxyl groups is 1. The summed E-state index contributed by atoms with van der Waals surface area (Å²) in [5.41, 5.74) is 3.56. The highest BCUT2D eigenvalue weighted by Crippen LogP contribution is 2.42. The highest BCUT2D eigenvalue weighted by atomic mass is 16.5. The molecule has 2 aromatic heterocycles. The van der Waals surface area contributed by atoms with Crippen LogP contribution >= 0.6 is 0 Å². The molecule has 35 heavy (non-hydrogen) atoms. The average molecular weight is 472 g/mol. The molecule has 5 rings (SSSR count). The number of fused-ring (bicyclic) bond motifs is 1. The number of H-pyrrole nitrogens is 1. The van der Waals surface area contributed by atoms with E-state index < -0.39 is 17.7 Å². The fraction of sp³-hybridized carbons (Fsp3) is 0.222. The number of nitrogens with one attached hydrogen (secondary N) is 1. The van der Waals surface area contributed by atoms with Gasteiger partial charge in [0.1, 0.15) is 23.3 Å². The lowest BCUT2D eigenvalue weighted by Gasteiger charge is -2.20. The Labute approximate surface area is 201 Å². The maximum absolute atomic E-state index is 13.3. The van der Waals surface area contributed by atoms with Crippen LogP contribution in [0.3, 0.4) is 0 Å². The Bertz CT molecular complexity index is 1470. The summed E-state index contributed by atoms with van der Waals surface area (Å²) in [6, 6.07) is 13.2. The highest BCUT2D eigenvalue weighted by Gasteiger charge is 2.49. The van der Waals surface area contributed by atoms with Crippen molar-refractivity contribution in [1.29, 1.82) is 0 Å². The molecule has 1 amide bonds. The molecule has 8 heteroatoms. The van der Waals surface area contributed by atoms with E-state index in [0.29, 0.717) is 29.2 Å². The van der Waals surface area contributed by atoms with Crippen LogP contribution in [-0.2, 0) is 9.59 Å². The minimum absolute atomic E-state index is 0.0665. The molecule has 3 heterocycles. The van der Waals surface area contributed by atoms with E-state index in [-0.39, 0.29) is 17.3 Å². The molecule has 1 aliphatic rings. The van der Waals surface area contributed by atoms with Crippen molar-refractivity contribution >= 4 is 34.4 Å². The number of carbonyl (C=O) groups is 2. The first-order valence-corrected chi connectivity index (χ1v) is 11.4. The normalized spacial score (nSPS) is 17.5. The maximum Gasteiger partial charge on any atom is 0.302 e. The number of hydrogen-bond acceptors (Lipinski definition) is 6. The van der Waals surface area contributed by atoms with Crippen LogP contribution < -0.4 is 9.64 Å².